The van der Waals surface area contributed by atoms with Crippen molar-refractivity contribution in [2.75, 3.05) is 0 Å². The zero-order chi connectivity index (χ0) is 39.3. The number of nitrogens with zero attached hydrogens (tertiary/aromatic N) is 4. The van der Waals surface area contributed by atoms with Crippen molar-refractivity contribution in [3.05, 3.63) is 206 Å². The molecule has 0 unspecified atom stereocenters. The summed E-state index contributed by atoms with van der Waals surface area (Å²) in [5, 5.41) is 13.1. The van der Waals surface area contributed by atoms with E-state index in [1.165, 1.54) is 59.5 Å². The number of fused-ring (bicyclic) bond motifs is 11. The van der Waals surface area contributed by atoms with Crippen molar-refractivity contribution in [1.29, 1.82) is 0 Å². The molecule has 4 heteroatoms. The van der Waals surface area contributed by atoms with Crippen LogP contribution in [0.15, 0.2) is 206 Å². The van der Waals surface area contributed by atoms with Gasteiger partial charge in [-0.1, -0.05) is 158 Å². The van der Waals surface area contributed by atoms with Crippen molar-refractivity contribution >= 4 is 86.8 Å². The molecule has 0 bridgehead atoms. The van der Waals surface area contributed by atoms with E-state index in [2.05, 4.69) is 215 Å². The lowest BCUT2D eigenvalue weighted by Gasteiger charge is -2.14. The van der Waals surface area contributed by atoms with Gasteiger partial charge in [0.25, 0.3) is 0 Å². The fourth-order valence-corrected chi connectivity index (χ4v) is 9.81. The Labute approximate surface area is 344 Å². The molecule has 0 aliphatic carbocycles. The maximum Gasteiger partial charge on any atom is 0.161 e. The summed E-state index contributed by atoms with van der Waals surface area (Å²) >= 11 is 0. The molecule has 0 amide bonds. The van der Waals surface area contributed by atoms with E-state index in [-0.39, 0.29) is 0 Å². The van der Waals surface area contributed by atoms with E-state index >= 15 is 0 Å². The Kier molecular flexibility index (Phi) is 6.98. The molecule has 0 radical (unpaired) electrons. The minimum absolute atomic E-state index is 0.720. The molecule has 0 fully saturated rings. The molecule has 3 aromatic heterocycles. The molecule has 0 spiro atoms. The van der Waals surface area contributed by atoms with Crippen molar-refractivity contribution in [2.24, 2.45) is 0 Å². The van der Waals surface area contributed by atoms with Crippen LogP contribution in [0.25, 0.3) is 121 Å². The number of rotatable bonds is 4. The Morgan fingerprint density at radius 3 is 1.87 bits per heavy atom. The van der Waals surface area contributed by atoms with Gasteiger partial charge in [0.05, 0.1) is 39.0 Å². The summed E-state index contributed by atoms with van der Waals surface area (Å²) < 4.78 is 4.96. The molecular weight excluding hydrogens is 729 g/mol. The summed E-state index contributed by atoms with van der Waals surface area (Å²) in [5.41, 5.74) is 10.8. The zero-order valence-electron chi connectivity index (χ0n) is 32.4. The van der Waals surface area contributed by atoms with Gasteiger partial charge in [0.1, 0.15) is 0 Å². The van der Waals surface area contributed by atoms with Gasteiger partial charge >= 0.3 is 0 Å². The number of aromatic nitrogens is 4. The van der Waals surface area contributed by atoms with Crippen LogP contribution in [0.4, 0.5) is 0 Å². The fraction of sp³-hybridized carbons (Fsp3) is 0. The van der Waals surface area contributed by atoms with Crippen molar-refractivity contribution in [2.45, 2.75) is 0 Å². The van der Waals surface area contributed by atoms with Gasteiger partial charge in [0.15, 0.2) is 5.82 Å². The third-order valence-electron chi connectivity index (χ3n) is 12.4. The van der Waals surface area contributed by atoms with Gasteiger partial charge in [-0.05, 0) is 75.5 Å². The summed E-state index contributed by atoms with van der Waals surface area (Å²) in [6, 6.07) is 74.5. The lowest BCUT2D eigenvalue weighted by Crippen LogP contribution is -1.98. The minimum atomic E-state index is 0.720. The van der Waals surface area contributed by atoms with Crippen molar-refractivity contribution in [1.82, 2.24) is 19.1 Å². The molecule has 0 N–H and O–H groups in total. The molecule has 278 valence electrons. The topological polar surface area (TPSA) is 35.6 Å². The van der Waals surface area contributed by atoms with Crippen LogP contribution in [0.3, 0.4) is 0 Å². The third-order valence-corrected chi connectivity index (χ3v) is 12.4. The van der Waals surface area contributed by atoms with Gasteiger partial charge in [-0.15, -0.1) is 0 Å². The number of benzene rings is 10. The summed E-state index contributed by atoms with van der Waals surface area (Å²) in [5.74, 6) is 0.720. The molecule has 13 rings (SSSR count). The second-order valence-electron chi connectivity index (χ2n) is 15.7. The highest BCUT2D eigenvalue weighted by Crippen LogP contribution is 2.43. The first-order valence-electron chi connectivity index (χ1n) is 20.5. The van der Waals surface area contributed by atoms with Crippen LogP contribution in [-0.2, 0) is 0 Å². The molecule has 10 aromatic carbocycles. The van der Waals surface area contributed by atoms with Crippen LogP contribution in [0.2, 0.25) is 0 Å². The van der Waals surface area contributed by atoms with Crippen LogP contribution in [0, 0.1) is 0 Å². The second-order valence-corrected chi connectivity index (χ2v) is 15.7. The molecule has 60 heavy (non-hydrogen) atoms. The Morgan fingerprint density at radius 2 is 1.00 bits per heavy atom. The smallest absolute Gasteiger partial charge is 0.161 e. The molecule has 0 aliphatic heterocycles. The van der Waals surface area contributed by atoms with E-state index in [9.17, 15) is 0 Å². The average molecular weight is 763 g/mol. The highest BCUT2D eigenvalue weighted by Gasteiger charge is 2.22. The second kappa shape index (κ2) is 12.7. The maximum absolute atomic E-state index is 5.39. The van der Waals surface area contributed by atoms with E-state index in [4.69, 9.17) is 9.97 Å². The third kappa shape index (κ3) is 4.79. The Balaban J connectivity index is 1.10. The average Bonchev–Trinajstić information content (AvgIpc) is 3.83. The van der Waals surface area contributed by atoms with Crippen LogP contribution in [-0.4, -0.2) is 19.1 Å². The molecule has 0 saturated heterocycles. The highest BCUT2D eigenvalue weighted by molar-refractivity contribution is 6.22. The minimum Gasteiger partial charge on any atom is -0.309 e. The largest absolute Gasteiger partial charge is 0.309 e. The summed E-state index contributed by atoms with van der Waals surface area (Å²) in [6.07, 6.45) is 0. The monoisotopic (exact) mass is 762 g/mol. The molecule has 0 aliphatic rings. The lowest BCUT2D eigenvalue weighted by atomic mass is 10.0. The van der Waals surface area contributed by atoms with E-state index in [0.29, 0.717) is 0 Å². The Bertz CT molecular complexity index is 3900. The van der Waals surface area contributed by atoms with Crippen LogP contribution in [0.5, 0.6) is 0 Å². The van der Waals surface area contributed by atoms with Gasteiger partial charge < -0.3 is 9.13 Å². The van der Waals surface area contributed by atoms with Crippen LogP contribution >= 0.6 is 0 Å². The molecule has 0 atom stereocenters. The van der Waals surface area contributed by atoms with Crippen molar-refractivity contribution in [3.8, 4) is 34.0 Å². The van der Waals surface area contributed by atoms with E-state index < -0.39 is 0 Å². The standard InChI is InChI=1S/C56H34N4/c1-2-17-38-34-52-47(33-37(38)16-1)53-50(28-13-29-51(53)60-49-27-10-8-23-43(49)44-31-30-36-15-4-6-22-42(36)55(44)60)59(52)40-20-11-19-39(32-40)54-46-24-7-9-26-48(46)57-56(58-54)45-25-12-18-35-14-3-5-21-41(35)45/h1-34H. The molecule has 0 saturated carbocycles. The Hall–Kier alpha value is -8.08. The number of hydrogen-bond donors (Lipinski definition) is 0. The first-order valence-corrected chi connectivity index (χ1v) is 20.5. The Morgan fingerprint density at radius 1 is 0.350 bits per heavy atom. The maximum atomic E-state index is 5.39. The molecule has 3 heterocycles. The van der Waals surface area contributed by atoms with E-state index in [0.717, 1.165) is 61.3 Å². The quantitative estimate of drug-likeness (QED) is 0.179. The summed E-state index contributed by atoms with van der Waals surface area (Å²) in [7, 11) is 0. The highest BCUT2D eigenvalue weighted by atomic mass is 15.0. The molecular formula is C56H34N4. The van der Waals surface area contributed by atoms with Crippen molar-refractivity contribution in [3.63, 3.8) is 0 Å². The van der Waals surface area contributed by atoms with Crippen molar-refractivity contribution < 1.29 is 0 Å². The molecule has 4 nitrogen and oxygen atoms in total. The zero-order valence-corrected chi connectivity index (χ0v) is 32.4. The fourth-order valence-electron chi connectivity index (χ4n) is 9.81. The molecule has 13 aromatic rings. The predicted molar refractivity (Wildman–Crippen MR) is 252 cm³/mol. The van der Waals surface area contributed by atoms with E-state index in [1.807, 2.05) is 0 Å². The lowest BCUT2D eigenvalue weighted by molar-refractivity contribution is 1.17. The van der Waals surface area contributed by atoms with Gasteiger partial charge in [-0.25, -0.2) is 9.97 Å². The van der Waals surface area contributed by atoms with Gasteiger partial charge in [0, 0.05) is 49.1 Å². The van der Waals surface area contributed by atoms with E-state index in [1.54, 1.807) is 0 Å². The van der Waals surface area contributed by atoms with Crippen LogP contribution in [0.1, 0.15) is 0 Å². The number of para-hydroxylation sites is 2. The first kappa shape index (κ1) is 32.9. The van der Waals surface area contributed by atoms with Gasteiger partial charge in [-0.3, -0.25) is 0 Å². The summed E-state index contributed by atoms with van der Waals surface area (Å²) in [4.78, 5) is 10.5. The normalized spacial score (nSPS) is 12.0. The predicted octanol–water partition coefficient (Wildman–Crippen LogP) is 14.6. The number of hydrogen-bond acceptors (Lipinski definition) is 2. The summed E-state index contributed by atoms with van der Waals surface area (Å²) in [6.45, 7) is 0. The van der Waals surface area contributed by atoms with Gasteiger partial charge in [-0.2, -0.15) is 0 Å². The SMILES string of the molecule is c1cc(-c2nc(-c3cccc4ccccc34)nc3ccccc23)cc(-n2c3cc4ccccc4cc3c3c(-n4c5ccccc5c5ccc6ccccc6c54)cccc32)c1. The van der Waals surface area contributed by atoms with Crippen LogP contribution < -0.4 is 0 Å². The first-order chi connectivity index (χ1) is 29.8. The van der Waals surface area contributed by atoms with Gasteiger partial charge in [0.2, 0.25) is 0 Å².